The minimum Gasteiger partial charge on any atom is -0.454 e. The third kappa shape index (κ3) is 4.12. The van der Waals surface area contributed by atoms with Gasteiger partial charge in [0.15, 0.2) is 11.8 Å². The molecule has 2 heterocycles. The lowest BCUT2D eigenvalue weighted by Crippen LogP contribution is -2.49. The highest BCUT2D eigenvalue weighted by Crippen LogP contribution is 2.27. The van der Waals surface area contributed by atoms with Crippen molar-refractivity contribution >= 4 is 41.0 Å². The Bertz CT molecular complexity index is 957. The fourth-order valence-corrected chi connectivity index (χ4v) is 3.19. The van der Waals surface area contributed by atoms with Crippen LogP contribution >= 0.6 is 11.6 Å². The molecule has 0 radical (unpaired) electrons. The van der Waals surface area contributed by atoms with E-state index in [0.29, 0.717) is 0 Å². The molecule has 3 amide bonds. The first-order valence-electron chi connectivity index (χ1n) is 8.85. The summed E-state index contributed by atoms with van der Waals surface area (Å²) < 4.78 is 5.09. The van der Waals surface area contributed by atoms with Gasteiger partial charge in [0.25, 0.3) is 17.7 Å². The first-order valence-corrected chi connectivity index (χ1v) is 9.23. The minimum absolute atomic E-state index is 0.0956. The van der Waals surface area contributed by atoms with Gasteiger partial charge in [-0.15, -0.1) is 0 Å². The molecule has 0 bridgehead atoms. The number of hydrogen-bond acceptors (Lipinski definition) is 6. The summed E-state index contributed by atoms with van der Waals surface area (Å²) in [5.41, 5.74) is 0.746. The second-order valence-electron chi connectivity index (χ2n) is 6.71. The van der Waals surface area contributed by atoms with E-state index in [0.717, 1.165) is 4.90 Å². The van der Waals surface area contributed by atoms with E-state index < -0.39 is 42.3 Å². The van der Waals surface area contributed by atoms with Crippen molar-refractivity contribution in [1.29, 1.82) is 0 Å². The maximum atomic E-state index is 12.7. The molecule has 3 rings (SSSR count). The van der Waals surface area contributed by atoms with E-state index in [1.807, 2.05) is 0 Å². The molecule has 150 valence electrons. The van der Waals surface area contributed by atoms with Gasteiger partial charge in [0.2, 0.25) is 0 Å². The number of ether oxygens (including phenoxy) is 1. The monoisotopic (exact) mass is 415 g/mol. The highest BCUT2D eigenvalue weighted by atomic mass is 35.5. The molecular formula is C20H18ClN3O5. The van der Waals surface area contributed by atoms with Crippen LogP contribution in [0.3, 0.4) is 0 Å². The van der Waals surface area contributed by atoms with Crippen LogP contribution in [0, 0.1) is 5.92 Å². The number of imide groups is 1. The third-order valence-corrected chi connectivity index (χ3v) is 4.66. The van der Waals surface area contributed by atoms with Gasteiger partial charge in [-0.1, -0.05) is 37.6 Å². The van der Waals surface area contributed by atoms with Crippen LogP contribution in [0.25, 0.3) is 0 Å². The fourth-order valence-electron chi connectivity index (χ4n) is 3.02. The van der Waals surface area contributed by atoms with Crippen molar-refractivity contribution in [3.8, 4) is 0 Å². The molecule has 0 saturated carbocycles. The number of nitrogens with one attached hydrogen (secondary N) is 1. The average Bonchev–Trinajstić information content (AvgIpc) is 2.94. The molecule has 0 spiro atoms. The fraction of sp³-hybridized carbons (Fsp3) is 0.250. The number of halogens is 1. The van der Waals surface area contributed by atoms with Gasteiger partial charge in [-0.3, -0.25) is 19.3 Å². The molecule has 9 heteroatoms. The summed E-state index contributed by atoms with van der Waals surface area (Å²) >= 11 is 5.87. The van der Waals surface area contributed by atoms with E-state index in [-0.39, 0.29) is 22.0 Å². The molecule has 8 nitrogen and oxygen atoms in total. The molecule has 1 aromatic carbocycles. The maximum Gasteiger partial charge on any atom is 0.330 e. The molecule has 1 N–H and O–H groups in total. The number of amides is 3. The molecule has 29 heavy (non-hydrogen) atoms. The van der Waals surface area contributed by atoms with Gasteiger partial charge in [-0.2, -0.15) is 0 Å². The van der Waals surface area contributed by atoms with Gasteiger partial charge in [0.05, 0.1) is 16.8 Å². The average molecular weight is 416 g/mol. The van der Waals surface area contributed by atoms with E-state index in [1.54, 1.807) is 38.1 Å². The molecule has 0 fully saturated rings. The van der Waals surface area contributed by atoms with E-state index in [1.165, 1.54) is 18.3 Å². The van der Waals surface area contributed by atoms with Gasteiger partial charge in [-0.05, 0) is 30.2 Å². The lowest BCUT2D eigenvalue weighted by molar-refractivity contribution is -0.152. The van der Waals surface area contributed by atoms with E-state index in [4.69, 9.17) is 16.3 Å². The Hall–Kier alpha value is -3.26. The maximum absolute atomic E-state index is 12.7. The van der Waals surface area contributed by atoms with Crippen molar-refractivity contribution in [2.45, 2.75) is 19.9 Å². The number of hydrogen-bond donors (Lipinski definition) is 1. The summed E-state index contributed by atoms with van der Waals surface area (Å²) in [4.78, 5) is 54.8. The number of pyridine rings is 1. The second kappa shape index (κ2) is 8.40. The van der Waals surface area contributed by atoms with Gasteiger partial charge in [0.1, 0.15) is 6.04 Å². The zero-order valence-electron chi connectivity index (χ0n) is 15.7. The lowest BCUT2D eigenvalue weighted by atomic mass is 10.0. The predicted octanol–water partition coefficient (Wildman–Crippen LogP) is 2.54. The van der Waals surface area contributed by atoms with E-state index >= 15 is 0 Å². The number of carbonyl (C=O) groups excluding carboxylic acids is 4. The van der Waals surface area contributed by atoms with Crippen LogP contribution in [0.1, 0.15) is 34.6 Å². The number of aromatic nitrogens is 1. The van der Waals surface area contributed by atoms with Gasteiger partial charge < -0.3 is 10.1 Å². The van der Waals surface area contributed by atoms with Crippen LogP contribution in [0.4, 0.5) is 5.69 Å². The number of esters is 1. The van der Waals surface area contributed by atoms with Crippen molar-refractivity contribution in [3.05, 3.63) is 58.9 Å². The summed E-state index contributed by atoms with van der Waals surface area (Å²) in [6.07, 6.45) is 1.47. The highest BCUT2D eigenvalue weighted by Gasteiger charge is 2.44. The van der Waals surface area contributed by atoms with Crippen molar-refractivity contribution in [2.24, 2.45) is 5.92 Å². The lowest BCUT2D eigenvalue weighted by Gasteiger charge is -2.27. The Morgan fingerprint density at radius 2 is 1.72 bits per heavy atom. The molecule has 0 aliphatic carbocycles. The quantitative estimate of drug-likeness (QED) is 0.441. The zero-order valence-corrected chi connectivity index (χ0v) is 16.5. The Kier molecular flexibility index (Phi) is 5.93. The van der Waals surface area contributed by atoms with Crippen molar-refractivity contribution in [3.63, 3.8) is 0 Å². The Labute approximate surface area is 171 Å². The van der Waals surface area contributed by atoms with Crippen LogP contribution in [-0.2, 0) is 14.3 Å². The number of benzene rings is 1. The Morgan fingerprint density at radius 3 is 2.28 bits per heavy atom. The summed E-state index contributed by atoms with van der Waals surface area (Å²) in [5.74, 6) is -3.01. The molecule has 1 atom stereocenters. The number of rotatable bonds is 6. The SMILES string of the molecule is CC(C)C(C(=O)OCC(=O)Nc1cccnc1Cl)N1C(=O)c2ccccc2C1=O. The Balaban J connectivity index is 1.69. The molecule has 0 saturated heterocycles. The second-order valence-corrected chi connectivity index (χ2v) is 7.07. The van der Waals surface area contributed by atoms with E-state index in [2.05, 4.69) is 10.3 Å². The summed E-state index contributed by atoms with van der Waals surface area (Å²) in [6, 6.07) is 8.33. The van der Waals surface area contributed by atoms with Gasteiger partial charge in [-0.25, -0.2) is 9.78 Å². The molecule has 1 aliphatic heterocycles. The van der Waals surface area contributed by atoms with E-state index in [9.17, 15) is 19.2 Å². The first kappa shape index (κ1) is 20.5. The molecule has 1 aliphatic rings. The number of fused-ring (bicyclic) bond motifs is 1. The molecule has 1 unspecified atom stereocenters. The number of carbonyl (C=O) groups is 4. The van der Waals surface area contributed by atoms with Crippen molar-refractivity contribution in [1.82, 2.24) is 9.88 Å². The largest absolute Gasteiger partial charge is 0.454 e. The minimum atomic E-state index is -1.16. The van der Waals surface area contributed by atoms with Crippen molar-refractivity contribution in [2.75, 3.05) is 11.9 Å². The molecule has 2 aromatic rings. The predicted molar refractivity (Wildman–Crippen MR) is 104 cm³/mol. The standard InChI is InChI=1S/C20H18ClN3O5/c1-11(2)16(24-18(26)12-6-3-4-7-13(12)19(24)27)20(28)29-10-15(25)23-14-8-5-9-22-17(14)21/h3-9,11,16H,10H2,1-2H3,(H,23,25). The summed E-state index contributed by atoms with van der Waals surface area (Å²) in [6.45, 7) is 2.77. The Morgan fingerprint density at radius 1 is 1.10 bits per heavy atom. The zero-order chi connectivity index (χ0) is 21.1. The molecule has 1 aromatic heterocycles. The topological polar surface area (TPSA) is 106 Å². The third-order valence-electron chi connectivity index (χ3n) is 4.36. The molecular weight excluding hydrogens is 398 g/mol. The summed E-state index contributed by atoms with van der Waals surface area (Å²) in [5, 5.41) is 2.57. The van der Waals surface area contributed by atoms with Crippen LogP contribution in [0.5, 0.6) is 0 Å². The van der Waals surface area contributed by atoms with Crippen LogP contribution in [0.2, 0.25) is 5.15 Å². The van der Waals surface area contributed by atoms with Gasteiger partial charge in [0, 0.05) is 6.20 Å². The smallest absolute Gasteiger partial charge is 0.330 e. The number of anilines is 1. The van der Waals surface area contributed by atoms with Crippen LogP contribution in [-0.4, -0.2) is 46.2 Å². The van der Waals surface area contributed by atoms with Gasteiger partial charge >= 0.3 is 5.97 Å². The van der Waals surface area contributed by atoms with Crippen LogP contribution < -0.4 is 5.32 Å². The number of nitrogens with zero attached hydrogens (tertiary/aromatic N) is 2. The van der Waals surface area contributed by atoms with Crippen molar-refractivity contribution < 1.29 is 23.9 Å². The normalized spacial score (nSPS) is 14.0. The summed E-state index contributed by atoms with van der Waals surface area (Å²) in [7, 11) is 0. The first-order chi connectivity index (χ1) is 13.8. The highest BCUT2D eigenvalue weighted by molar-refractivity contribution is 6.32. The van der Waals surface area contributed by atoms with Crippen LogP contribution in [0.15, 0.2) is 42.6 Å².